The number of nitrogens with one attached hydrogen (secondary N) is 1. The Hall–Kier alpha value is -3.15. The molecule has 0 unspecified atom stereocenters. The molecule has 0 aromatic heterocycles. The van der Waals surface area contributed by atoms with Crippen LogP contribution in [0.4, 0.5) is 0 Å². The number of piperidine rings is 1. The van der Waals surface area contributed by atoms with E-state index in [4.69, 9.17) is 24.7 Å². The SMILES string of the molecule is COc1ccc2c3c1O[C@H]1C(OC(=O)[C@H](C)OC(=O)CCNC(=O)[C@@H](N)CC(C)C)=CC[C@@]4(O)[C@@H](C2)N(C)CC[C@]314. The molecular weight excluding hydrogens is 530 g/mol. The maximum absolute atomic E-state index is 13.1. The van der Waals surface area contributed by atoms with Crippen LogP contribution >= 0.6 is 0 Å². The third kappa shape index (κ3) is 4.77. The second-order valence-electron chi connectivity index (χ2n) is 12.1. The third-order valence-electron chi connectivity index (χ3n) is 9.11. The number of nitrogens with zero attached hydrogens (tertiary/aromatic N) is 1. The molecule has 224 valence electrons. The second kappa shape index (κ2) is 10.9. The van der Waals surface area contributed by atoms with Crippen molar-refractivity contribution in [2.24, 2.45) is 11.7 Å². The molecule has 11 heteroatoms. The van der Waals surface area contributed by atoms with Crippen LogP contribution in [0.25, 0.3) is 0 Å². The van der Waals surface area contributed by atoms with Gasteiger partial charge in [-0.2, -0.15) is 0 Å². The Balaban J connectivity index is 1.27. The fourth-order valence-corrected chi connectivity index (χ4v) is 7.12. The van der Waals surface area contributed by atoms with Gasteiger partial charge in [-0.1, -0.05) is 19.9 Å². The third-order valence-corrected chi connectivity index (χ3v) is 9.11. The molecule has 41 heavy (non-hydrogen) atoms. The molecule has 1 aromatic rings. The molecule has 2 aliphatic carbocycles. The van der Waals surface area contributed by atoms with Gasteiger partial charge in [-0.3, -0.25) is 9.59 Å². The van der Waals surface area contributed by atoms with Gasteiger partial charge >= 0.3 is 11.9 Å². The molecule has 11 nitrogen and oxygen atoms in total. The van der Waals surface area contributed by atoms with E-state index in [2.05, 4.69) is 10.2 Å². The highest BCUT2D eigenvalue weighted by Crippen LogP contribution is 2.65. The van der Waals surface area contributed by atoms with Crippen molar-refractivity contribution in [1.29, 1.82) is 0 Å². The number of amides is 1. The molecule has 2 bridgehead atoms. The summed E-state index contributed by atoms with van der Waals surface area (Å²) < 4.78 is 23.2. The Labute approximate surface area is 240 Å². The first-order valence-corrected chi connectivity index (χ1v) is 14.4. The van der Waals surface area contributed by atoms with Gasteiger partial charge in [-0.25, -0.2) is 4.79 Å². The van der Waals surface area contributed by atoms with Crippen molar-refractivity contribution in [3.8, 4) is 11.5 Å². The van der Waals surface area contributed by atoms with Crippen LogP contribution in [0.2, 0.25) is 0 Å². The Bertz CT molecular complexity index is 1260. The van der Waals surface area contributed by atoms with Crippen molar-refractivity contribution >= 4 is 17.8 Å². The lowest BCUT2D eigenvalue weighted by Gasteiger charge is -2.61. The van der Waals surface area contributed by atoms with Gasteiger partial charge in [0.25, 0.3) is 0 Å². The number of aliphatic hydroxyl groups is 1. The van der Waals surface area contributed by atoms with Gasteiger partial charge in [-0.05, 0) is 63.4 Å². The summed E-state index contributed by atoms with van der Waals surface area (Å²) >= 11 is 0. The zero-order valence-corrected chi connectivity index (χ0v) is 24.4. The smallest absolute Gasteiger partial charge is 0.352 e. The number of ether oxygens (including phenoxy) is 4. The Morgan fingerprint density at radius 2 is 2.02 bits per heavy atom. The van der Waals surface area contributed by atoms with Crippen molar-refractivity contribution in [3.63, 3.8) is 0 Å². The molecule has 0 radical (unpaired) electrons. The quantitative estimate of drug-likeness (QED) is 0.351. The molecule has 4 N–H and O–H groups in total. The fourth-order valence-electron chi connectivity index (χ4n) is 7.12. The van der Waals surface area contributed by atoms with Crippen molar-refractivity contribution in [2.75, 3.05) is 27.2 Å². The average molecular weight is 572 g/mol. The summed E-state index contributed by atoms with van der Waals surface area (Å²) in [5.41, 5.74) is 5.97. The monoisotopic (exact) mass is 571 g/mol. The maximum Gasteiger partial charge on any atom is 0.352 e. The first-order valence-electron chi connectivity index (χ1n) is 14.4. The number of esters is 2. The van der Waals surface area contributed by atoms with Crippen LogP contribution in [0.1, 0.15) is 57.6 Å². The lowest BCUT2D eigenvalue weighted by molar-refractivity contribution is -0.175. The summed E-state index contributed by atoms with van der Waals surface area (Å²) in [6, 6.07) is 3.13. The topological polar surface area (TPSA) is 150 Å². The molecule has 2 aliphatic heterocycles. The first-order chi connectivity index (χ1) is 19.4. The summed E-state index contributed by atoms with van der Waals surface area (Å²) in [6.07, 6.45) is 1.79. The molecular formula is C30H41N3O8. The van der Waals surface area contributed by atoms with Crippen LogP contribution in [-0.4, -0.2) is 85.0 Å². The average Bonchev–Trinajstić information content (AvgIpc) is 3.27. The zero-order chi connectivity index (χ0) is 29.7. The normalized spacial score (nSPS) is 29.0. The number of carbonyl (C=O) groups is 3. The van der Waals surface area contributed by atoms with Crippen LogP contribution in [0.3, 0.4) is 0 Å². The molecule has 1 spiro atoms. The highest BCUT2D eigenvalue weighted by molar-refractivity contribution is 5.83. The predicted octanol–water partition coefficient (Wildman–Crippen LogP) is 1.33. The van der Waals surface area contributed by atoms with Crippen molar-refractivity contribution < 1.29 is 38.4 Å². The van der Waals surface area contributed by atoms with E-state index in [1.165, 1.54) is 6.92 Å². The van der Waals surface area contributed by atoms with Gasteiger partial charge in [0.15, 0.2) is 23.7 Å². The molecule has 6 atom stereocenters. The Kier molecular flexibility index (Phi) is 7.82. The maximum atomic E-state index is 13.1. The van der Waals surface area contributed by atoms with E-state index in [1.54, 1.807) is 13.2 Å². The number of rotatable bonds is 10. The van der Waals surface area contributed by atoms with E-state index in [1.807, 2.05) is 33.0 Å². The van der Waals surface area contributed by atoms with Gasteiger partial charge in [0, 0.05) is 24.6 Å². The van der Waals surface area contributed by atoms with Crippen LogP contribution in [0, 0.1) is 5.92 Å². The molecule has 1 aromatic carbocycles. The number of likely N-dealkylation sites (tertiary alicyclic amines) is 1. The van der Waals surface area contributed by atoms with Gasteiger partial charge < -0.3 is 40.0 Å². The van der Waals surface area contributed by atoms with Crippen LogP contribution < -0.4 is 20.5 Å². The number of nitrogens with two attached hydrogens (primary N) is 1. The van der Waals surface area contributed by atoms with Crippen molar-refractivity contribution in [3.05, 3.63) is 35.1 Å². The van der Waals surface area contributed by atoms with E-state index >= 15 is 0 Å². The van der Waals surface area contributed by atoms with Gasteiger partial charge in [0.2, 0.25) is 5.91 Å². The molecule has 5 rings (SSSR count). The number of carbonyl (C=O) groups excluding carboxylic acids is 3. The zero-order valence-electron chi connectivity index (χ0n) is 24.4. The molecule has 1 saturated heterocycles. The summed E-state index contributed by atoms with van der Waals surface area (Å²) in [5.74, 6) is -0.0229. The summed E-state index contributed by atoms with van der Waals surface area (Å²) in [6.45, 7) is 6.18. The Morgan fingerprint density at radius 1 is 1.27 bits per heavy atom. The fraction of sp³-hybridized carbons (Fsp3) is 0.633. The first kappa shape index (κ1) is 29.3. The van der Waals surface area contributed by atoms with Gasteiger partial charge in [-0.15, -0.1) is 0 Å². The highest BCUT2D eigenvalue weighted by Gasteiger charge is 2.72. The summed E-state index contributed by atoms with van der Waals surface area (Å²) in [5, 5.41) is 14.9. The predicted molar refractivity (Wildman–Crippen MR) is 148 cm³/mol. The van der Waals surface area contributed by atoms with E-state index in [9.17, 15) is 19.5 Å². The molecule has 1 amide bonds. The Morgan fingerprint density at radius 3 is 2.73 bits per heavy atom. The molecule has 1 fully saturated rings. The largest absolute Gasteiger partial charge is 0.493 e. The van der Waals surface area contributed by atoms with Crippen LogP contribution in [0.15, 0.2) is 24.0 Å². The van der Waals surface area contributed by atoms with Crippen molar-refractivity contribution in [2.45, 2.75) is 88.2 Å². The molecule has 2 heterocycles. The highest BCUT2D eigenvalue weighted by atomic mass is 16.6. The number of methoxy groups -OCH3 is 1. The van der Waals surface area contributed by atoms with Gasteiger partial charge in [0.05, 0.1) is 30.6 Å². The van der Waals surface area contributed by atoms with Crippen LogP contribution in [-0.2, 0) is 35.7 Å². The standard InChI is InChI=1S/C30H41N3O8/c1-16(2)14-19(31)27(35)32-12-9-23(34)39-17(3)28(36)40-21-8-10-30(37)22-15-18-6-7-20(38-5)25-24(18)29(30,26(21)41-25)11-13-33(22)4/h6-8,16-17,19,22,26,37H,9-15,31H2,1-5H3,(H,32,35)/t17-,19-,22+,26-,29-,30+/m0/s1. The van der Waals surface area contributed by atoms with Crippen molar-refractivity contribution in [1.82, 2.24) is 10.2 Å². The lowest BCUT2D eigenvalue weighted by Crippen LogP contribution is -2.74. The van der Waals surface area contributed by atoms with E-state index in [0.29, 0.717) is 36.5 Å². The summed E-state index contributed by atoms with van der Waals surface area (Å²) in [7, 11) is 3.60. The minimum absolute atomic E-state index is 0.0471. The number of hydrogen-bond acceptors (Lipinski definition) is 10. The van der Waals surface area contributed by atoms with E-state index in [0.717, 1.165) is 17.7 Å². The minimum atomic E-state index is -1.19. The van der Waals surface area contributed by atoms with Gasteiger partial charge in [0.1, 0.15) is 5.76 Å². The van der Waals surface area contributed by atoms with Crippen LogP contribution in [0.5, 0.6) is 11.5 Å². The number of likely N-dealkylation sites (N-methyl/N-ethyl adjacent to an activating group) is 1. The number of hydrogen-bond donors (Lipinski definition) is 3. The van der Waals surface area contributed by atoms with E-state index < -0.39 is 41.2 Å². The minimum Gasteiger partial charge on any atom is -0.493 e. The summed E-state index contributed by atoms with van der Waals surface area (Å²) in [4.78, 5) is 39.7. The molecule has 0 saturated carbocycles. The molecule has 4 aliphatic rings. The second-order valence-corrected chi connectivity index (χ2v) is 12.1. The van der Waals surface area contributed by atoms with E-state index in [-0.39, 0.29) is 37.3 Å². The lowest BCUT2D eigenvalue weighted by atomic mass is 9.50. The number of benzene rings is 1.